The molecule has 2 heterocycles. The Morgan fingerprint density at radius 1 is 1.42 bits per heavy atom. The number of hydrogen-bond donors (Lipinski definition) is 1. The third-order valence-corrected chi connectivity index (χ3v) is 3.94. The van der Waals surface area contributed by atoms with Crippen molar-refractivity contribution in [3.8, 4) is 5.75 Å². The average molecular weight is 263 g/mol. The Bertz CT molecular complexity index is 473. The van der Waals surface area contributed by atoms with Crippen LogP contribution in [0, 0.1) is 5.92 Å². The molecule has 102 valence electrons. The van der Waals surface area contributed by atoms with E-state index in [1.54, 1.807) is 12.0 Å². The van der Waals surface area contributed by atoms with Gasteiger partial charge in [0.25, 0.3) is 0 Å². The summed E-state index contributed by atoms with van der Waals surface area (Å²) in [6.07, 6.45) is 0.0805. The van der Waals surface area contributed by atoms with Gasteiger partial charge in [-0.3, -0.25) is 4.79 Å². The SMILES string of the molecule is COc1ccc(C2OCC3C(CO)CC(=O)N23)cc1. The number of methoxy groups -OCH3 is 1. The molecule has 3 unspecified atom stereocenters. The fourth-order valence-corrected chi connectivity index (χ4v) is 2.88. The third kappa shape index (κ3) is 1.99. The fraction of sp³-hybridized carbons (Fsp3) is 0.500. The van der Waals surface area contributed by atoms with E-state index in [4.69, 9.17) is 9.47 Å². The Balaban J connectivity index is 1.84. The highest BCUT2D eigenvalue weighted by molar-refractivity contribution is 5.80. The minimum absolute atomic E-state index is 0.00394. The van der Waals surface area contributed by atoms with Gasteiger partial charge in [-0.1, -0.05) is 12.1 Å². The first kappa shape index (κ1) is 12.4. The zero-order chi connectivity index (χ0) is 13.4. The molecule has 0 saturated carbocycles. The monoisotopic (exact) mass is 263 g/mol. The van der Waals surface area contributed by atoms with Crippen molar-refractivity contribution in [2.45, 2.75) is 18.7 Å². The average Bonchev–Trinajstić information content (AvgIpc) is 3.01. The van der Waals surface area contributed by atoms with E-state index in [9.17, 15) is 9.90 Å². The molecule has 0 aliphatic carbocycles. The van der Waals surface area contributed by atoms with Gasteiger partial charge in [-0.05, 0) is 12.1 Å². The minimum Gasteiger partial charge on any atom is -0.497 e. The number of rotatable bonds is 3. The van der Waals surface area contributed by atoms with Crippen LogP contribution in [0.1, 0.15) is 18.2 Å². The molecular weight excluding hydrogens is 246 g/mol. The molecule has 1 aromatic rings. The van der Waals surface area contributed by atoms with Gasteiger partial charge in [0.2, 0.25) is 5.91 Å². The molecule has 1 amide bonds. The first-order valence-corrected chi connectivity index (χ1v) is 6.42. The zero-order valence-corrected chi connectivity index (χ0v) is 10.8. The molecule has 0 spiro atoms. The fourth-order valence-electron chi connectivity index (χ4n) is 2.88. The summed E-state index contributed by atoms with van der Waals surface area (Å²) in [6.45, 7) is 0.527. The molecule has 5 heteroatoms. The van der Waals surface area contributed by atoms with Gasteiger partial charge < -0.3 is 19.5 Å². The number of nitrogens with zero attached hydrogens (tertiary/aromatic N) is 1. The predicted octanol–water partition coefficient (Wildman–Crippen LogP) is 0.933. The van der Waals surface area contributed by atoms with Crippen molar-refractivity contribution in [3.05, 3.63) is 29.8 Å². The van der Waals surface area contributed by atoms with Crippen LogP contribution in [0.4, 0.5) is 0 Å². The van der Waals surface area contributed by atoms with Crippen LogP contribution in [0.5, 0.6) is 5.75 Å². The smallest absolute Gasteiger partial charge is 0.225 e. The van der Waals surface area contributed by atoms with Crippen LogP contribution in [0.15, 0.2) is 24.3 Å². The molecule has 2 aliphatic heterocycles. The van der Waals surface area contributed by atoms with Crippen molar-refractivity contribution in [2.24, 2.45) is 5.92 Å². The van der Waals surface area contributed by atoms with E-state index in [0.29, 0.717) is 13.0 Å². The van der Waals surface area contributed by atoms with Crippen LogP contribution >= 0.6 is 0 Å². The van der Waals surface area contributed by atoms with Gasteiger partial charge in [-0.25, -0.2) is 0 Å². The standard InChI is InChI=1S/C14H17NO4/c1-18-11-4-2-9(3-5-11)14-15-12(8-19-14)10(7-16)6-13(15)17/h2-5,10,12,14,16H,6-8H2,1H3. The molecule has 0 bridgehead atoms. The number of amides is 1. The van der Waals surface area contributed by atoms with Crippen molar-refractivity contribution >= 4 is 5.91 Å². The summed E-state index contributed by atoms with van der Waals surface area (Å²) in [7, 11) is 1.62. The van der Waals surface area contributed by atoms with Gasteiger partial charge >= 0.3 is 0 Å². The summed E-state index contributed by atoms with van der Waals surface area (Å²) >= 11 is 0. The second-order valence-corrected chi connectivity index (χ2v) is 4.97. The molecule has 1 aromatic carbocycles. The first-order chi connectivity index (χ1) is 9.24. The van der Waals surface area contributed by atoms with Crippen LogP contribution in [0.25, 0.3) is 0 Å². The molecular formula is C14H17NO4. The van der Waals surface area contributed by atoms with Gasteiger partial charge in [-0.15, -0.1) is 0 Å². The molecule has 1 N–H and O–H groups in total. The van der Waals surface area contributed by atoms with Gasteiger partial charge in [0.1, 0.15) is 5.75 Å². The maximum atomic E-state index is 12.0. The highest BCUT2D eigenvalue weighted by Gasteiger charge is 2.48. The topological polar surface area (TPSA) is 59.0 Å². The second-order valence-electron chi connectivity index (χ2n) is 4.97. The number of carbonyl (C=O) groups excluding carboxylic acids is 1. The van der Waals surface area contributed by atoms with Gasteiger partial charge in [0.05, 0.1) is 19.8 Å². The minimum atomic E-state index is -0.333. The Kier molecular flexibility index (Phi) is 3.16. The van der Waals surface area contributed by atoms with Crippen molar-refractivity contribution < 1.29 is 19.4 Å². The maximum absolute atomic E-state index is 12.0. The Hall–Kier alpha value is -1.59. The highest BCUT2D eigenvalue weighted by Crippen LogP contribution is 2.40. The number of ether oxygens (including phenoxy) is 2. The van der Waals surface area contributed by atoms with E-state index in [-0.39, 0.29) is 30.7 Å². The summed E-state index contributed by atoms with van der Waals surface area (Å²) in [5, 5.41) is 9.31. The molecule has 3 rings (SSSR count). The van der Waals surface area contributed by atoms with Crippen LogP contribution in [0.2, 0.25) is 0 Å². The Labute approximate surface area is 111 Å². The van der Waals surface area contributed by atoms with Gasteiger partial charge in [-0.2, -0.15) is 0 Å². The van der Waals surface area contributed by atoms with Crippen molar-refractivity contribution in [1.29, 1.82) is 0 Å². The van der Waals surface area contributed by atoms with Crippen molar-refractivity contribution in [2.75, 3.05) is 20.3 Å². The molecule has 19 heavy (non-hydrogen) atoms. The maximum Gasteiger partial charge on any atom is 0.225 e. The Morgan fingerprint density at radius 3 is 2.79 bits per heavy atom. The van der Waals surface area contributed by atoms with E-state index in [1.807, 2.05) is 24.3 Å². The molecule has 3 atom stereocenters. The number of aliphatic hydroxyl groups is 1. The lowest BCUT2D eigenvalue weighted by molar-refractivity contribution is -0.134. The van der Waals surface area contributed by atoms with E-state index in [1.165, 1.54) is 0 Å². The Morgan fingerprint density at radius 2 is 2.16 bits per heavy atom. The van der Waals surface area contributed by atoms with Crippen LogP contribution in [-0.2, 0) is 9.53 Å². The summed E-state index contributed by atoms with van der Waals surface area (Å²) in [6, 6.07) is 7.54. The zero-order valence-electron chi connectivity index (χ0n) is 10.8. The third-order valence-electron chi connectivity index (χ3n) is 3.94. The predicted molar refractivity (Wildman–Crippen MR) is 67.5 cm³/mol. The van der Waals surface area contributed by atoms with E-state index < -0.39 is 0 Å². The first-order valence-electron chi connectivity index (χ1n) is 6.42. The lowest BCUT2D eigenvalue weighted by atomic mass is 10.0. The summed E-state index contributed by atoms with van der Waals surface area (Å²) in [5.74, 6) is 0.831. The lowest BCUT2D eigenvalue weighted by Gasteiger charge is -2.23. The normalized spacial score (nSPS) is 29.7. The summed E-state index contributed by atoms with van der Waals surface area (Å²) in [5.41, 5.74) is 0.940. The molecule has 0 radical (unpaired) electrons. The van der Waals surface area contributed by atoms with E-state index in [2.05, 4.69) is 0 Å². The molecule has 5 nitrogen and oxygen atoms in total. The highest BCUT2D eigenvalue weighted by atomic mass is 16.5. The number of aliphatic hydroxyl groups excluding tert-OH is 1. The summed E-state index contributed by atoms with van der Waals surface area (Å²) < 4.78 is 10.9. The van der Waals surface area contributed by atoms with Gasteiger partial charge in [0.15, 0.2) is 6.23 Å². The van der Waals surface area contributed by atoms with Crippen molar-refractivity contribution in [1.82, 2.24) is 4.90 Å². The van der Waals surface area contributed by atoms with E-state index in [0.717, 1.165) is 11.3 Å². The van der Waals surface area contributed by atoms with Crippen molar-refractivity contribution in [3.63, 3.8) is 0 Å². The molecule has 2 aliphatic rings. The number of carbonyl (C=O) groups is 1. The summed E-state index contributed by atoms with van der Waals surface area (Å²) in [4.78, 5) is 13.8. The van der Waals surface area contributed by atoms with Crippen LogP contribution in [0.3, 0.4) is 0 Å². The largest absolute Gasteiger partial charge is 0.497 e. The number of hydrogen-bond acceptors (Lipinski definition) is 4. The number of fused-ring (bicyclic) bond motifs is 1. The van der Waals surface area contributed by atoms with Crippen LogP contribution in [-0.4, -0.2) is 42.3 Å². The molecule has 2 saturated heterocycles. The quantitative estimate of drug-likeness (QED) is 0.881. The lowest BCUT2D eigenvalue weighted by Crippen LogP contribution is -2.33. The molecule has 2 fully saturated rings. The second kappa shape index (κ2) is 4.83. The van der Waals surface area contributed by atoms with Crippen LogP contribution < -0.4 is 4.74 Å². The number of benzene rings is 1. The van der Waals surface area contributed by atoms with E-state index >= 15 is 0 Å². The van der Waals surface area contributed by atoms with Gasteiger partial charge in [0, 0.05) is 24.5 Å². The molecule has 0 aromatic heterocycles.